The van der Waals surface area contributed by atoms with Crippen LogP contribution in [0.15, 0.2) is 52.2 Å². The van der Waals surface area contributed by atoms with Crippen molar-refractivity contribution in [3.8, 4) is 11.6 Å². The van der Waals surface area contributed by atoms with Gasteiger partial charge in [-0.25, -0.2) is 4.39 Å². The van der Waals surface area contributed by atoms with Crippen molar-refractivity contribution in [1.29, 1.82) is 0 Å². The zero-order chi connectivity index (χ0) is 17.8. The lowest BCUT2D eigenvalue weighted by molar-refractivity contribution is -0.120. The summed E-state index contributed by atoms with van der Waals surface area (Å²) >= 11 is 1.31. The van der Waals surface area contributed by atoms with Gasteiger partial charge in [0.1, 0.15) is 5.82 Å². The molecule has 1 amide bonds. The minimum absolute atomic E-state index is 0.128. The van der Waals surface area contributed by atoms with Gasteiger partial charge in [-0.3, -0.25) is 4.79 Å². The molecular formula is C17H17FN4O2S. The number of nitrogens with one attached hydrogen (secondary N) is 1. The van der Waals surface area contributed by atoms with Gasteiger partial charge in [-0.1, -0.05) is 23.9 Å². The highest BCUT2D eigenvalue weighted by atomic mass is 32.2. The van der Waals surface area contributed by atoms with Crippen LogP contribution < -0.4 is 5.32 Å². The van der Waals surface area contributed by atoms with Crippen molar-refractivity contribution in [2.45, 2.75) is 23.9 Å². The third kappa shape index (κ3) is 4.08. The summed E-state index contributed by atoms with van der Waals surface area (Å²) in [7, 11) is 1.82. The third-order valence-electron chi connectivity index (χ3n) is 3.61. The highest BCUT2D eigenvalue weighted by Crippen LogP contribution is 2.25. The number of nitrogens with zero attached hydrogens (tertiary/aromatic N) is 3. The van der Waals surface area contributed by atoms with E-state index in [9.17, 15) is 9.18 Å². The first-order chi connectivity index (χ1) is 12.0. The zero-order valence-electron chi connectivity index (χ0n) is 13.8. The Balaban J connectivity index is 1.59. The highest BCUT2D eigenvalue weighted by molar-refractivity contribution is 8.00. The molecule has 130 valence electrons. The number of carbonyl (C=O) groups excluding carboxylic acids is 1. The number of halogens is 1. The normalized spacial score (nSPS) is 12.1. The van der Waals surface area contributed by atoms with Gasteiger partial charge < -0.3 is 14.3 Å². The highest BCUT2D eigenvalue weighted by Gasteiger charge is 2.20. The molecule has 3 rings (SSSR count). The Bertz CT molecular complexity index is 846. The van der Waals surface area contributed by atoms with E-state index in [0.29, 0.717) is 23.3 Å². The van der Waals surface area contributed by atoms with Gasteiger partial charge in [0.15, 0.2) is 16.7 Å². The standard InChI is InChI=1S/C17H17FN4O2S/c1-11(16(23)19-10-12-5-7-13(18)8-6-12)25-17-21-20-15(22(17)2)14-4-3-9-24-14/h3-9,11H,10H2,1-2H3,(H,19,23)/t11-/m1/s1. The topological polar surface area (TPSA) is 73.0 Å². The van der Waals surface area contributed by atoms with Gasteiger partial charge in [-0.15, -0.1) is 10.2 Å². The van der Waals surface area contributed by atoms with Gasteiger partial charge in [0.2, 0.25) is 5.91 Å². The van der Waals surface area contributed by atoms with E-state index >= 15 is 0 Å². The lowest BCUT2D eigenvalue weighted by Crippen LogP contribution is -2.30. The predicted octanol–water partition coefficient (Wildman–Crippen LogP) is 3.01. The lowest BCUT2D eigenvalue weighted by atomic mass is 10.2. The van der Waals surface area contributed by atoms with Crippen LogP contribution in [-0.2, 0) is 18.4 Å². The molecule has 0 radical (unpaired) electrons. The number of benzene rings is 1. The molecule has 2 heterocycles. The van der Waals surface area contributed by atoms with Gasteiger partial charge in [-0.2, -0.15) is 0 Å². The summed E-state index contributed by atoms with van der Waals surface area (Å²) in [6.45, 7) is 2.15. The van der Waals surface area contributed by atoms with Crippen molar-refractivity contribution in [1.82, 2.24) is 20.1 Å². The number of amides is 1. The van der Waals surface area contributed by atoms with E-state index in [-0.39, 0.29) is 17.0 Å². The third-order valence-corrected chi connectivity index (χ3v) is 4.74. The van der Waals surface area contributed by atoms with Crippen LogP contribution in [0.1, 0.15) is 12.5 Å². The molecule has 0 unspecified atom stereocenters. The molecule has 2 aromatic heterocycles. The van der Waals surface area contributed by atoms with Crippen LogP contribution in [0.25, 0.3) is 11.6 Å². The summed E-state index contributed by atoms with van der Waals surface area (Å²) in [5.41, 5.74) is 0.839. The molecule has 0 saturated heterocycles. The number of thioether (sulfide) groups is 1. The van der Waals surface area contributed by atoms with Gasteiger partial charge in [-0.05, 0) is 36.8 Å². The summed E-state index contributed by atoms with van der Waals surface area (Å²) in [6, 6.07) is 9.61. The molecule has 0 aliphatic rings. The molecule has 0 spiro atoms. The smallest absolute Gasteiger partial charge is 0.233 e. The minimum Gasteiger partial charge on any atom is -0.461 e. The molecule has 1 atom stereocenters. The molecular weight excluding hydrogens is 343 g/mol. The molecule has 0 bridgehead atoms. The summed E-state index contributed by atoms with van der Waals surface area (Å²) in [5.74, 6) is 0.798. The monoisotopic (exact) mass is 360 g/mol. The Hall–Kier alpha value is -2.61. The summed E-state index contributed by atoms with van der Waals surface area (Å²) in [4.78, 5) is 12.3. The summed E-state index contributed by atoms with van der Waals surface area (Å²) < 4.78 is 20.0. The van der Waals surface area contributed by atoms with E-state index < -0.39 is 0 Å². The number of carbonyl (C=O) groups is 1. The van der Waals surface area contributed by atoms with Crippen LogP contribution in [0, 0.1) is 5.82 Å². The average molecular weight is 360 g/mol. The fraction of sp³-hybridized carbons (Fsp3) is 0.235. The second-order valence-electron chi connectivity index (χ2n) is 5.45. The molecule has 1 N–H and O–H groups in total. The van der Waals surface area contributed by atoms with Crippen LogP contribution in [0.2, 0.25) is 0 Å². The van der Waals surface area contributed by atoms with Gasteiger partial charge in [0.25, 0.3) is 0 Å². The fourth-order valence-corrected chi connectivity index (χ4v) is 3.02. The number of rotatable bonds is 6. The van der Waals surface area contributed by atoms with Crippen LogP contribution in [0.5, 0.6) is 0 Å². The molecule has 0 aliphatic heterocycles. The minimum atomic E-state index is -0.354. The number of aromatic nitrogens is 3. The number of hydrogen-bond acceptors (Lipinski definition) is 5. The molecule has 0 saturated carbocycles. The molecule has 1 aromatic carbocycles. The average Bonchev–Trinajstić information content (AvgIpc) is 3.24. The van der Waals surface area contributed by atoms with Gasteiger partial charge in [0, 0.05) is 13.6 Å². The SMILES string of the molecule is C[C@@H](Sc1nnc(-c2ccco2)n1C)C(=O)NCc1ccc(F)cc1. The van der Waals surface area contributed by atoms with Crippen LogP contribution >= 0.6 is 11.8 Å². The Labute approximate surface area is 148 Å². The van der Waals surface area contributed by atoms with E-state index in [1.165, 1.54) is 23.9 Å². The quantitative estimate of drug-likeness (QED) is 0.684. The maximum absolute atomic E-state index is 12.9. The molecule has 3 aromatic rings. The van der Waals surface area contributed by atoms with Crippen molar-refractivity contribution in [3.63, 3.8) is 0 Å². The van der Waals surface area contributed by atoms with Crippen LogP contribution in [0.4, 0.5) is 4.39 Å². The largest absolute Gasteiger partial charge is 0.461 e. The van der Waals surface area contributed by atoms with Crippen molar-refractivity contribution in [2.24, 2.45) is 7.05 Å². The van der Waals surface area contributed by atoms with E-state index in [2.05, 4.69) is 15.5 Å². The van der Waals surface area contributed by atoms with E-state index in [0.717, 1.165) is 5.56 Å². The Morgan fingerprint density at radius 3 is 2.76 bits per heavy atom. The van der Waals surface area contributed by atoms with E-state index in [1.807, 2.05) is 7.05 Å². The van der Waals surface area contributed by atoms with Crippen molar-refractivity contribution >= 4 is 17.7 Å². The first-order valence-electron chi connectivity index (χ1n) is 7.66. The molecule has 25 heavy (non-hydrogen) atoms. The van der Waals surface area contributed by atoms with Gasteiger partial charge in [0.05, 0.1) is 11.5 Å². The first-order valence-corrected chi connectivity index (χ1v) is 8.54. The Kier molecular flexibility index (Phi) is 5.18. The van der Waals surface area contributed by atoms with Crippen molar-refractivity contribution in [3.05, 3.63) is 54.0 Å². The predicted molar refractivity (Wildman–Crippen MR) is 92.3 cm³/mol. The molecule has 0 fully saturated rings. The van der Waals surface area contributed by atoms with Gasteiger partial charge >= 0.3 is 0 Å². The first kappa shape index (κ1) is 17.2. The Morgan fingerprint density at radius 2 is 2.08 bits per heavy atom. The summed E-state index contributed by atoms with van der Waals surface area (Å²) in [5, 5.41) is 11.3. The van der Waals surface area contributed by atoms with Crippen molar-refractivity contribution < 1.29 is 13.6 Å². The summed E-state index contributed by atoms with van der Waals surface area (Å²) in [6.07, 6.45) is 1.57. The fourth-order valence-electron chi connectivity index (χ4n) is 2.18. The lowest BCUT2D eigenvalue weighted by Gasteiger charge is -2.11. The maximum atomic E-state index is 12.9. The molecule has 0 aliphatic carbocycles. The second kappa shape index (κ2) is 7.52. The van der Waals surface area contributed by atoms with Crippen LogP contribution in [-0.4, -0.2) is 25.9 Å². The second-order valence-corrected chi connectivity index (χ2v) is 6.75. The number of hydrogen-bond donors (Lipinski definition) is 1. The van der Waals surface area contributed by atoms with E-state index in [1.54, 1.807) is 42.0 Å². The molecule has 6 nitrogen and oxygen atoms in total. The molecule has 8 heteroatoms. The van der Waals surface area contributed by atoms with E-state index in [4.69, 9.17) is 4.42 Å². The zero-order valence-corrected chi connectivity index (χ0v) is 14.6. The van der Waals surface area contributed by atoms with Crippen LogP contribution in [0.3, 0.4) is 0 Å². The maximum Gasteiger partial charge on any atom is 0.233 e. The number of furan rings is 1. The van der Waals surface area contributed by atoms with Crippen molar-refractivity contribution in [2.75, 3.05) is 0 Å². The Morgan fingerprint density at radius 1 is 1.32 bits per heavy atom.